The number of rotatable bonds is 7. The molecule has 0 aliphatic carbocycles. The second kappa shape index (κ2) is 6.62. The Morgan fingerprint density at radius 2 is 2.27 bits per heavy atom. The average molecular weight is 209 g/mol. The van der Waals surface area contributed by atoms with Crippen molar-refractivity contribution in [1.82, 2.24) is 14.9 Å². The smallest absolute Gasteiger partial charge is 0.108 e. The van der Waals surface area contributed by atoms with Crippen molar-refractivity contribution in [1.29, 1.82) is 0 Å². The lowest BCUT2D eigenvalue weighted by molar-refractivity contribution is 0.483. The molecule has 0 saturated carbocycles. The van der Waals surface area contributed by atoms with Crippen molar-refractivity contribution in [3.8, 4) is 0 Å². The van der Waals surface area contributed by atoms with Crippen LogP contribution in [0.25, 0.3) is 0 Å². The summed E-state index contributed by atoms with van der Waals surface area (Å²) < 4.78 is 2.11. The van der Waals surface area contributed by atoms with Crippen LogP contribution >= 0.6 is 0 Å². The van der Waals surface area contributed by atoms with Crippen LogP contribution in [0.1, 0.15) is 32.5 Å². The van der Waals surface area contributed by atoms with Crippen LogP contribution in [0.5, 0.6) is 0 Å². The van der Waals surface area contributed by atoms with E-state index in [-0.39, 0.29) is 0 Å². The van der Waals surface area contributed by atoms with Gasteiger partial charge in [-0.1, -0.05) is 13.8 Å². The molecular formula is C12H23N3. The number of hydrogen-bond acceptors (Lipinski definition) is 2. The minimum Gasteiger partial charge on any atom is -0.338 e. The molecule has 1 aromatic rings. The van der Waals surface area contributed by atoms with Gasteiger partial charge in [-0.2, -0.15) is 0 Å². The summed E-state index contributed by atoms with van der Waals surface area (Å²) in [4.78, 5) is 4.34. The third-order valence-corrected chi connectivity index (χ3v) is 2.69. The highest BCUT2D eigenvalue weighted by Crippen LogP contribution is 2.08. The summed E-state index contributed by atoms with van der Waals surface area (Å²) in [7, 11) is 2.06. The first kappa shape index (κ1) is 12.2. The van der Waals surface area contributed by atoms with E-state index in [1.165, 1.54) is 18.7 Å². The average Bonchev–Trinajstić information content (AvgIpc) is 2.59. The maximum absolute atomic E-state index is 4.34. The van der Waals surface area contributed by atoms with Crippen LogP contribution < -0.4 is 5.32 Å². The first-order valence-electron chi connectivity index (χ1n) is 5.91. The molecule has 86 valence electrons. The highest BCUT2D eigenvalue weighted by atomic mass is 15.0. The van der Waals surface area contributed by atoms with E-state index in [0.29, 0.717) is 5.92 Å². The number of nitrogens with one attached hydrogen (secondary N) is 1. The third-order valence-electron chi connectivity index (χ3n) is 2.69. The zero-order chi connectivity index (χ0) is 11.1. The molecule has 0 radical (unpaired) electrons. The highest BCUT2D eigenvalue weighted by Gasteiger charge is 2.06. The van der Waals surface area contributed by atoms with Gasteiger partial charge >= 0.3 is 0 Å². The van der Waals surface area contributed by atoms with Gasteiger partial charge in [0, 0.05) is 25.9 Å². The summed E-state index contributed by atoms with van der Waals surface area (Å²) in [5.74, 6) is 1.90. The SMILES string of the molecule is CCCNCCC(C)Cc1nccn1C. The van der Waals surface area contributed by atoms with E-state index in [1.807, 2.05) is 12.4 Å². The molecule has 0 spiro atoms. The van der Waals surface area contributed by atoms with Crippen molar-refractivity contribution in [3.63, 3.8) is 0 Å². The van der Waals surface area contributed by atoms with E-state index in [2.05, 4.69) is 35.8 Å². The van der Waals surface area contributed by atoms with E-state index in [1.54, 1.807) is 0 Å². The fourth-order valence-corrected chi connectivity index (χ4v) is 1.66. The largest absolute Gasteiger partial charge is 0.338 e. The summed E-state index contributed by atoms with van der Waals surface area (Å²) in [6.07, 6.45) is 7.41. The lowest BCUT2D eigenvalue weighted by Gasteiger charge is -2.11. The Bertz CT molecular complexity index is 268. The Morgan fingerprint density at radius 1 is 1.47 bits per heavy atom. The van der Waals surface area contributed by atoms with Crippen molar-refractivity contribution < 1.29 is 0 Å². The molecule has 1 atom stereocenters. The molecule has 1 aromatic heterocycles. The van der Waals surface area contributed by atoms with Gasteiger partial charge < -0.3 is 9.88 Å². The Labute approximate surface area is 92.9 Å². The molecule has 1 rings (SSSR count). The summed E-state index contributed by atoms with van der Waals surface area (Å²) in [5, 5.41) is 3.43. The summed E-state index contributed by atoms with van der Waals surface area (Å²) in [6, 6.07) is 0. The normalized spacial score (nSPS) is 13.0. The molecule has 0 aromatic carbocycles. The van der Waals surface area contributed by atoms with Crippen LogP contribution in [-0.4, -0.2) is 22.6 Å². The van der Waals surface area contributed by atoms with Crippen LogP contribution in [-0.2, 0) is 13.5 Å². The second-order valence-electron chi connectivity index (χ2n) is 4.30. The Balaban J connectivity index is 2.18. The molecule has 0 aliphatic heterocycles. The van der Waals surface area contributed by atoms with Gasteiger partial charge in [-0.05, 0) is 31.8 Å². The van der Waals surface area contributed by atoms with Gasteiger partial charge in [0.2, 0.25) is 0 Å². The molecule has 3 heteroatoms. The Hall–Kier alpha value is -0.830. The molecule has 0 amide bonds. The van der Waals surface area contributed by atoms with Crippen LogP contribution in [0.15, 0.2) is 12.4 Å². The zero-order valence-corrected chi connectivity index (χ0v) is 10.2. The van der Waals surface area contributed by atoms with E-state index in [0.717, 1.165) is 19.5 Å². The van der Waals surface area contributed by atoms with Gasteiger partial charge in [0.15, 0.2) is 0 Å². The predicted molar refractivity (Wildman–Crippen MR) is 63.9 cm³/mol. The van der Waals surface area contributed by atoms with Gasteiger partial charge in [-0.25, -0.2) is 4.98 Å². The van der Waals surface area contributed by atoms with Gasteiger partial charge in [-0.3, -0.25) is 0 Å². The number of nitrogens with zero attached hydrogens (tertiary/aromatic N) is 2. The zero-order valence-electron chi connectivity index (χ0n) is 10.2. The maximum Gasteiger partial charge on any atom is 0.108 e. The number of aromatic nitrogens is 2. The first-order chi connectivity index (χ1) is 7.24. The number of aryl methyl sites for hydroxylation is 1. The molecular weight excluding hydrogens is 186 g/mol. The van der Waals surface area contributed by atoms with E-state index in [9.17, 15) is 0 Å². The van der Waals surface area contributed by atoms with Crippen LogP contribution in [0.2, 0.25) is 0 Å². The monoisotopic (exact) mass is 209 g/mol. The second-order valence-corrected chi connectivity index (χ2v) is 4.30. The Morgan fingerprint density at radius 3 is 2.87 bits per heavy atom. The molecule has 0 aliphatic rings. The quantitative estimate of drug-likeness (QED) is 0.696. The lowest BCUT2D eigenvalue weighted by atomic mass is 10.0. The molecule has 1 N–H and O–H groups in total. The van der Waals surface area contributed by atoms with E-state index >= 15 is 0 Å². The standard InChI is InChI=1S/C12H23N3/c1-4-6-13-7-5-11(2)10-12-14-8-9-15(12)3/h8-9,11,13H,4-7,10H2,1-3H3. The molecule has 0 saturated heterocycles. The number of hydrogen-bond donors (Lipinski definition) is 1. The van der Waals surface area contributed by atoms with Crippen molar-refractivity contribution >= 4 is 0 Å². The van der Waals surface area contributed by atoms with Gasteiger partial charge in [0.1, 0.15) is 5.82 Å². The summed E-state index contributed by atoms with van der Waals surface area (Å²) in [6.45, 7) is 6.75. The van der Waals surface area contributed by atoms with E-state index < -0.39 is 0 Å². The topological polar surface area (TPSA) is 29.9 Å². The minimum absolute atomic E-state index is 0.704. The van der Waals surface area contributed by atoms with Gasteiger partial charge in [-0.15, -0.1) is 0 Å². The highest BCUT2D eigenvalue weighted by molar-refractivity contribution is 4.92. The maximum atomic E-state index is 4.34. The lowest BCUT2D eigenvalue weighted by Crippen LogP contribution is -2.19. The first-order valence-corrected chi connectivity index (χ1v) is 5.91. The van der Waals surface area contributed by atoms with Crippen molar-refractivity contribution in [3.05, 3.63) is 18.2 Å². The summed E-state index contributed by atoms with van der Waals surface area (Å²) in [5.41, 5.74) is 0. The number of imidazole rings is 1. The predicted octanol–water partition coefficient (Wildman–Crippen LogP) is 1.99. The minimum atomic E-state index is 0.704. The molecule has 3 nitrogen and oxygen atoms in total. The Kier molecular flexibility index (Phi) is 5.40. The van der Waals surface area contributed by atoms with Crippen molar-refractivity contribution in [2.24, 2.45) is 13.0 Å². The van der Waals surface area contributed by atoms with E-state index in [4.69, 9.17) is 0 Å². The fraction of sp³-hybridized carbons (Fsp3) is 0.750. The fourth-order valence-electron chi connectivity index (χ4n) is 1.66. The molecule has 1 heterocycles. The van der Waals surface area contributed by atoms with Gasteiger partial charge in [0.25, 0.3) is 0 Å². The molecule has 0 bridgehead atoms. The van der Waals surface area contributed by atoms with Crippen LogP contribution in [0.3, 0.4) is 0 Å². The molecule has 0 fully saturated rings. The van der Waals surface area contributed by atoms with Crippen LogP contribution in [0.4, 0.5) is 0 Å². The van der Waals surface area contributed by atoms with Crippen LogP contribution in [0, 0.1) is 5.92 Å². The molecule has 1 unspecified atom stereocenters. The summed E-state index contributed by atoms with van der Waals surface area (Å²) >= 11 is 0. The van der Waals surface area contributed by atoms with Crippen molar-refractivity contribution in [2.45, 2.75) is 33.1 Å². The molecule has 15 heavy (non-hydrogen) atoms. The third kappa shape index (κ3) is 4.47. The van der Waals surface area contributed by atoms with Gasteiger partial charge in [0.05, 0.1) is 0 Å². The van der Waals surface area contributed by atoms with Crippen molar-refractivity contribution in [2.75, 3.05) is 13.1 Å².